The fraction of sp³-hybridized carbons (Fsp3) is 0.458. The molecule has 3 nitrogen and oxygen atoms in total. The Morgan fingerprint density at radius 3 is 1.83 bits per heavy atom. The van der Waals surface area contributed by atoms with E-state index in [4.69, 9.17) is 0 Å². The topological polar surface area (TPSA) is 32.3 Å². The van der Waals surface area contributed by atoms with Crippen LogP contribution in [-0.4, -0.2) is 36.2 Å². The molecule has 158 valence electrons. The number of carbonyl (C=O) groups is 1. The lowest BCUT2D eigenvalue weighted by Gasteiger charge is -2.31. The second kappa shape index (κ2) is 10.6. The van der Waals surface area contributed by atoms with Crippen LogP contribution >= 0.6 is 0 Å². The van der Waals surface area contributed by atoms with E-state index in [2.05, 4.69) is 5.32 Å². The molecular formula is C24H32F2N2O. The van der Waals surface area contributed by atoms with Gasteiger partial charge in [-0.3, -0.25) is 4.90 Å². The highest BCUT2D eigenvalue weighted by Gasteiger charge is 2.36. The smallest absolute Gasteiger partial charge is 0.261 e. The van der Waals surface area contributed by atoms with Gasteiger partial charge in [0, 0.05) is 31.0 Å². The Morgan fingerprint density at radius 1 is 0.931 bits per heavy atom. The lowest BCUT2D eigenvalue weighted by molar-refractivity contribution is -0.117. The van der Waals surface area contributed by atoms with Gasteiger partial charge in [0.15, 0.2) is 0 Å². The van der Waals surface area contributed by atoms with Crippen molar-refractivity contribution in [2.75, 3.05) is 13.6 Å². The molecule has 0 saturated heterocycles. The molecule has 0 radical (unpaired) electrons. The molecule has 2 aromatic rings. The van der Waals surface area contributed by atoms with Gasteiger partial charge < -0.3 is 10.1 Å². The third-order valence-corrected chi connectivity index (χ3v) is 5.16. The molecule has 2 aromatic carbocycles. The van der Waals surface area contributed by atoms with Crippen molar-refractivity contribution < 1.29 is 13.6 Å². The quantitative estimate of drug-likeness (QED) is 0.512. The van der Waals surface area contributed by atoms with Crippen molar-refractivity contribution in [2.24, 2.45) is 5.92 Å². The summed E-state index contributed by atoms with van der Waals surface area (Å²) in [5, 5.41) is 3.08. The van der Waals surface area contributed by atoms with Crippen molar-refractivity contribution in [1.29, 1.82) is 0 Å². The van der Waals surface area contributed by atoms with Gasteiger partial charge in [-0.1, -0.05) is 60.7 Å². The largest absolute Gasteiger partial charge is 0.315 e. The molecule has 0 heterocycles. The van der Waals surface area contributed by atoms with Crippen LogP contribution < -0.4 is 5.32 Å². The molecule has 2 rings (SSSR count). The lowest BCUT2D eigenvalue weighted by Crippen LogP contribution is -2.42. The van der Waals surface area contributed by atoms with E-state index in [1.807, 2.05) is 74.5 Å². The van der Waals surface area contributed by atoms with Crippen LogP contribution in [0.3, 0.4) is 0 Å². The molecular weight excluding hydrogens is 370 g/mol. The van der Waals surface area contributed by atoms with E-state index >= 15 is 0 Å². The molecule has 0 amide bonds. The van der Waals surface area contributed by atoms with Gasteiger partial charge in [0.1, 0.15) is 6.29 Å². The molecule has 0 bridgehead atoms. The molecule has 1 atom stereocenters. The third-order valence-electron chi connectivity index (χ3n) is 5.16. The number of carbonyl (C=O) groups excluding carboxylic acids is 1. The van der Waals surface area contributed by atoms with Crippen LogP contribution in [0.5, 0.6) is 0 Å². The molecule has 0 aliphatic carbocycles. The van der Waals surface area contributed by atoms with Gasteiger partial charge in [-0.15, -0.1) is 0 Å². The molecule has 1 N–H and O–H groups in total. The molecule has 1 unspecified atom stereocenters. The van der Waals surface area contributed by atoms with Gasteiger partial charge in [0.2, 0.25) is 0 Å². The lowest BCUT2D eigenvalue weighted by atomic mass is 9.87. The standard InChI is InChI=1S/C24H32F2N2O/c1-23(2,27-3)14-22(18-29)15-24(25,26)19-28(16-20-10-6-4-7-11-20)17-21-12-8-5-9-13-21/h4-13,18,22,27H,14-17,19H2,1-3H3. The summed E-state index contributed by atoms with van der Waals surface area (Å²) in [6.07, 6.45) is 0.605. The number of nitrogens with one attached hydrogen (secondary N) is 1. The van der Waals surface area contributed by atoms with Crippen LogP contribution in [0.15, 0.2) is 60.7 Å². The first-order valence-electron chi connectivity index (χ1n) is 10.1. The van der Waals surface area contributed by atoms with Crippen molar-refractivity contribution >= 4 is 6.29 Å². The highest BCUT2D eigenvalue weighted by Crippen LogP contribution is 2.29. The second-order valence-corrected chi connectivity index (χ2v) is 8.41. The highest BCUT2D eigenvalue weighted by atomic mass is 19.3. The van der Waals surface area contributed by atoms with Gasteiger partial charge in [-0.25, -0.2) is 8.78 Å². The SMILES string of the molecule is CNC(C)(C)CC(C=O)CC(F)(F)CN(Cc1ccccc1)Cc1ccccc1. The van der Waals surface area contributed by atoms with Crippen LogP contribution in [0.25, 0.3) is 0 Å². The predicted molar refractivity (Wildman–Crippen MR) is 114 cm³/mol. The number of hydrogen-bond acceptors (Lipinski definition) is 3. The molecule has 29 heavy (non-hydrogen) atoms. The summed E-state index contributed by atoms with van der Waals surface area (Å²) in [5.41, 5.74) is 1.61. The van der Waals surface area contributed by atoms with E-state index in [-0.39, 0.29) is 12.1 Å². The van der Waals surface area contributed by atoms with Crippen molar-refractivity contribution in [3.63, 3.8) is 0 Å². The summed E-state index contributed by atoms with van der Waals surface area (Å²) in [5.74, 6) is -3.65. The Labute approximate surface area is 173 Å². The summed E-state index contributed by atoms with van der Waals surface area (Å²) < 4.78 is 29.9. The predicted octanol–water partition coefficient (Wildman–Crippen LogP) is 4.92. The maximum Gasteiger partial charge on any atom is 0.261 e. The number of nitrogens with zero attached hydrogens (tertiary/aromatic N) is 1. The van der Waals surface area contributed by atoms with Gasteiger partial charge in [0.05, 0.1) is 6.54 Å². The van der Waals surface area contributed by atoms with Crippen LogP contribution in [0, 0.1) is 5.92 Å². The zero-order chi connectivity index (χ0) is 21.3. The Hall–Kier alpha value is -2.11. The molecule has 5 heteroatoms. The van der Waals surface area contributed by atoms with Crippen LogP contribution in [0.1, 0.15) is 37.8 Å². The number of rotatable bonds is 12. The molecule has 0 aliphatic heterocycles. The molecule has 0 aliphatic rings. The molecule has 0 saturated carbocycles. The summed E-state index contributed by atoms with van der Waals surface area (Å²) >= 11 is 0. The van der Waals surface area contributed by atoms with E-state index in [9.17, 15) is 13.6 Å². The monoisotopic (exact) mass is 402 g/mol. The van der Waals surface area contributed by atoms with Crippen molar-refractivity contribution in [3.8, 4) is 0 Å². The van der Waals surface area contributed by atoms with Gasteiger partial charge in [-0.05, 0) is 38.4 Å². The van der Waals surface area contributed by atoms with Gasteiger partial charge in [-0.2, -0.15) is 0 Å². The zero-order valence-electron chi connectivity index (χ0n) is 17.6. The number of alkyl halides is 2. The van der Waals surface area contributed by atoms with Gasteiger partial charge >= 0.3 is 0 Å². The number of benzene rings is 2. The normalized spacial score (nSPS) is 13.4. The number of halogens is 2. The Bertz CT molecular complexity index is 694. The first kappa shape index (κ1) is 23.2. The summed E-state index contributed by atoms with van der Waals surface area (Å²) in [4.78, 5) is 13.2. The van der Waals surface area contributed by atoms with Crippen molar-refractivity contribution in [1.82, 2.24) is 10.2 Å². The van der Waals surface area contributed by atoms with E-state index in [1.54, 1.807) is 11.9 Å². The van der Waals surface area contributed by atoms with Crippen LogP contribution in [0.2, 0.25) is 0 Å². The van der Waals surface area contributed by atoms with Gasteiger partial charge in [0.25, 0.3) is 5.92 Å². The maximum atomic E-state index is 15.0. The average molecular weight is 403 g/mol. The fourth-order valence-corrected chi connectivity index (χ4v) is 3.55. The van der Waals surface area contributed by atoms with E-state index in [1.165, 1.54) is 0 Å². The average Bonchev–Trinajstić information content (AvgIpc) is 2.68. The number of hydrogen-bond donors (Lipinski definition) is 1. The third kappa shape index (κ3) is 8.42. The minimum atomic E-state index is -2.96. The Morgan fingerprint density at radius 2 is 1.41 bits per heavy atom. The summed E-state index contributed by atoms with van der Waals surface area (Å²) in [6, 6.07) is 19.3. The summed E-state index contributed by atoms with van der Waals surface area (Å²) in [7, 11) is 1.78. The first-order valence-corrected chi connectivity index (χ1v) is 10.1. The zero-order valence-corrected chi connectivity index (χ0v) is 17.6. The fourth-order valence-electron chi connectivity index (χ4n) is 3.55. The van der Waals surface area contributed by atoms with Crippen LogP contribution in [-0.2, 0) is 17.9 Å². The van der Waals surface area contributed by atoms with Crippen molar-refractivity contribution in [2.45, 2.75) is 51.2 Å². The van der Waals surface area contributed by atoms with Crippen LogP contribution in [0.4, 0.5) is 8.78 Å². The highest BCUT2D eigenvalue weighted by molar-refractivity contribution is 5.53. The summed E-state index contributed by atoms with van der Waals surface area (Å²) in [6.45, 7) is 4.30. The maximum absolute atomic E-state index is 15.0. The Balaban J connectivity index is 2.11. The molecule has 0 fully saturated rings. The van der Waals surface area contributed by atoms with Crippen molar-refractivity contribution in [3.05, 3.63) is 71.8 Å². The van der Waals surface area contributed by atoms with E-state index < -0.39 is 18.3 Å². The number of aldehydes is 1. The minimum Gasteiger partial charge on any atom is -0.315 e. The second-order valence-electron chi connectivity index (χ2n) is 8.41. The minimum absolute atomic E-state index is 0.366. The van der Waals surface area contributed by atoms with E-state index in [0.29, 0.717) is 25.8 Å². The molecule has 0 aromatic heterocycles. The Kier molecular flexibility index (Phi) is 8.47. The first-order chi connectivity index (χ1) is 13.7. The molecule has 0 spiro atoms. The van der Waals surface area contributed by atoms with E-state index in [0.717, 1.165) is 11.1 Å².